The van der Waals surface area contributed by atoms with Gasteiger partial charge in [-0.2, -0.15) is 0 Å². The van der Waals surface area contributed by atoms with E-state index in [0.717, 1.165) is 53.8 Å². The predicted molar refractivity (Wildman–Crippen MR) is 134 cm³/mol. The average molecular weight is 513 g/mol. The van der Waals surface area contributed by atoms with E-state index in [4.69, 9.17) is 0 Å². The fourth-order valence-electron chi connectivity index (χ4n) is 5.04. The Labute approximate surface area is 221 Å². The van der Waals surface area contributed by atoms with Crippen LogP contribution in [-0.2, 0) is 37.5 Å². The molecule has 4 heteroatoms. The Balaban J connectivity index is 0.000000545. The van der Waals surface area contributed by atoms with Crippen LogP contribution in [0, 0.1) is 27.7 Å². The first-order chi connectivity index (χ1) is 14.8. The van der Waals surface area contributed by atoms with Crippen molar-refractivity contribution in [3.8, 4) is 0 Å². The number of nitrogens with zero attached hydrogens (tertiary/aromatic N) is 1. The molecule has 0 aliphatic carbocycles. The summed E-state index contributed by atoms with van der Waals surface area (Å²) in [6, 6.07) is 14.7. The Hall–Kier alpha value is -1.03. The first-order valence-electron chi connectivity index (χ1n) is 12.1. The van der Waals surface area contributed by atoms with Crippen LogP contribution >= 0.6 is 0 Å². The largest absolute Gasteiger partial charge is 0.320 e. The summed E-state index contributed by atoms with van der Waals surface area (Å²) in [5.41, 5.74) is 5.91. The third-order valence-electron chi connectivity index (χ3n) is 6.73. The number of hydrogen-bond acceptors (Lipinski definition) is 1. The van der Waals surface area contributed by atoms with Crippen LogP contribution in [0.25, 0.3) is 0 Å². The molecule has 32 heavy (non-hydrogen) atoms. The molecule has 3 nitrogen and oxygen atoms in total. The van der Waals surface area contributed by atoms with E-state index in [2.05, 4.69) is 71.1 Å². The second kappa shape index (κ2) is 14.3. The molecule has 2 aromatic carbocycles. The third-order valence-corrected chi connectivity index (χ3v) is 6.73. The Morgan fingerprint density at radius 3 is 1.91 bits per heavy atom. The van der Waals surface area contributed by atoms with Gasteiger partial charge in [-0.15, -0.1) is 0 Å². The van der Waals surface area contributed by atoms with E-state index in [0.29, 0.717) is 0 Å². The first-order valence-corrected chi connectivity index (χ1v) is 12.1. The molecule has 0 bridgehead atoms. The number of aryl methyl sites for hydroxylation is 4. The monoisotopic (exact) mass is 512 g/mol. The molecule has 0 aromatic heterocycles. The Bertz CT molecular complexity index is 806. The van der Waals surface area contributed by atoms with Crippen LogP contribution in [0.4, 0.5) is 5.69 Å². The molecule has 1 aliphatic heterocycles. The Morgan fingerprint density at radius 1 is 0.906 bits per heavy atom. The van der Waals surface area contributed by atoms with Crippen LogP contribution in [0.15, 0.2) is 42.5 Å². The quantitative estimate of drug-likeness (QED) is 0.427. The molecule has 0 spiro atoms. The van der Waals surface area contributed by atoms with Crippen molar-refractivity contribution < 1.29 is 42.0 Å². The summed E-state index contributed by atoms with van der Waals surface area (Å²) in [6.07, 6.45) is 5.86. The van der Waals surface area contributed by atoms with Crippen molar-refractivity contribution in [2.75, 3.05) is 25.0 Å². The maximum atomic E-state index is 13.2. The van der Waals surface area contributed by atoms with Gasteiger partial charge < -0.3 is 9.80 Å². The van der Waals surface area contributed by atoms with Crippen molar-refractivity contribution in [1.29, 1.82) is 0 Å². The van der Waals surface area contributed by atoms with Crippen LogP contribution in [0.2, 0.25) is 0 Å². The molecular weight excluding hydrogens is 469 g/mol. The summed E-state index contributed by atoms with van der Waals surface area (Å²) in [5.74, 6) is 0.218. The van der Waals surface area contributed by atoms with Crippen molar-refractivity contribution in [1.82, 2.24) is 0 Å². The molecule has 1 aliphatic rings. The van der Waals surface area contributed by atoms with Crippen LogP contribution in [-0.4, -0.2) is 36.1 Å². The number of nitrogens with one attached hydrogen (secondary N) is 1. The minimum Gasteiger partial charge on any atom is -0.320 e. The van der Waals surface area contributed by atoms with Crippen LogP contribution < -0.4 is 5.32 Å². The number of quaternary nitrogens is 1. The number of rotatable bonds is 6. The first kappa shape index (κ1) is 29.0. The molecule has 1 radical (unpaired) electrons. The fourth-order valence-corrected chi connectivity index (χ4v) is 5.04. The molecule has 1 fully saturated rings. The molecule has 1 heterocycles. The fraction of sp³-hybridized carbons (Fsp3) is 0.536. The van der Waals surface area contributed by atoms with Gasteiger partial charge in [0.2, 0.25) is 0 Å². The van der Waals surface area contributed by atoms with Gasteiger partial charge in [0.1, 0.15) is 0 Å². The van der Waals surface area contributed by atoms with Crippen molar-refractivity contribution in [2.24, 2.45) is 0 Å². The summed E-state index contributed by atoms with van der Waals surface area (Å²) in [5, 5.41) is 3.29. The summed E-state index contributed by atoms with van der Waals surface area (Å²) in [6.45, 7) is 16.2. The zero-order valence-corrected chi connectivity index (χ0v) is 24.0. The molecular formula is C28H43N2OY+. The smallest absolute Gasteiger partial charge is 0.282 e. The van der Waals surface area contributed by atoms with E-state index in [1.54, 1.807) is 0 Å². The van der Waals surface area contributed by atoms with Gasteiger partial charge in [-0.05, 0) is 71.4 Å². The number of anilines is 1. The van der Waals surface area contributed by atoms with Gasteiger partial charge in [0.05, 0.1) is 19.6 Å². The Morgan fingerprint density at radius 2 is 1.47 bits per heavy atom. The molecule has 173 valence electrons. The van der Waals surface area contributed by atoms with E-state index in [1.807, 2.05) is 18.2 Å². The van der Waals surface area contributed by atoms with E-state index >= 15 is 0 Å². The summed E-state index contributed by atoms with van der Waals surface area (Å²) < 4.78 is 0.976. The minimum atomic E-state index is 0. The number of carbonyl (C=O) groups excluding carboxylic acids is 1. The summed E-state index contributed by atoms with van der Waals surface area (Å²) in [4.78, 5) is 13.2. The second-order valence-corrected chi connectivity index (χ2v) is 9.26. The average Bonchev–Trinajstić information content (AvgIpc) is 2.76. The molecule has 1 unspecified atom stereocenters. The second-order valence-electron chi connectivity index (χ2n) is 9.26. The minimum absolute atomic E-state index is 0. The van der Waals surface area contributed by atoms with Gasteiger partial charge in [0, 0.05) is 44.8 Å². The third kappa shape index (κ3) is 8.08. The zero-order chi connectivity index (χ0) is 22.9. The summed E-state index contributed by atoms with van der Waals surface area (Å²) in [7, 11) is 0. The molecule has 1 N–H and O–H groups in total. The Kier molecular flexibility index (Phi) is 12.9. The maximum Gasteiger partial charge on any atom is 0.282 e. The normalized spacial score (nSPS) is 15.6. The van der Waals surface area contributed by atoms with Gasteiger partial charge in [-0.3, -0.25) is 4.79 Å². The van der Waals surface area contributed by atoms with Gasteiger partial charge in [0.15, 0.2) is 6.04 Å². The van der Waals surface area contributed by atoms with Crippen molar-refractivity contribution in [3.63, 3.8) is 0 Å². The molecule has 1 atom stereocenters. The molecule has 3 rings (SSSR count). The topological polar surface area (TPSA) is 29.1 Å². The maximum absolute atomic E-state index is 13.2. The number of likely N-dealkylation sites (tertiary alicyclic amines) is 1. The number of carbonyl (C=O) groups is 1. The van der Waals surface area contributed by atoms with E-state index in [-0.39, 0.29) is 44.7 Å². The van der Waals surface area contributed by atoms with Gasteiger partial charge >= 0.3 is 0 Å². The molecule has 1 saturated heterocycles. The van der Waals surface area contributed by atoms with E-state index < -0.39 is 0 Å². The number of piperidine rings is 1. The number of benzene rings is 2. The van der Waals surface area contributed by atoms with Crippen LogP contribution in [0.1, 0.15) is 68.2 Å². The summed E-state index contributed by atoms with van der Waals surface area (Å²) >= 11 is 0. The number of likely N-dealkylation sites (N-methyl/N-ethyl adjacent to an activating group) is 1. The van der Waals surface area contributed by atoms with Crippen molar-refractivity contribution in [2.45, 2.75) is 79.7 Å². The standard InChI is InChI=1S/C21H34N2O.C7H8.Y/c1-6-11-19(23(7-2)12-9-8-10-13-23)21(24)22-20-17(4)14-16(3)15-18(20)5;1-7-5-3-2-4-6-7;/h14-15,19H,6-13H2,1-5H3;2-6H,1H3;/p+1. The number of hydrogen-bond donors (Lipinski definition) is 1. The van der Waals surface area contributed by atoms with E-state index in [1.165, 1.54) is 30.4 Å². The SMILES string of the molecule is CCCC(C(=O)Nc1c(C)cc(C)cc1C)[N+]1(CC)CCCCC1.Cc1ccccc1.[Y]. The predicted octanol–water partition coefficient (Wildman–Crippen LogP) is 6.73. The van der Waals surface area contributed by atoms with E-state index in [9.17, 15) is 4.79 Å². The molecule has 1 amide bonds. The van der Waals surface area contributed by atoms with Gasteiger partial charge in [-0.25, -0.2) is 0 Å². The van der Waals surface area contributed by atoms with Gasteiger partial charge in [0.25, 0.3) is 5.91 Å². The molecule has 0 saturated carbocycles. The van der Waals surface area contributed by atoms with Crippen LogP contribution in [0.3, 0.4) is 0 Å². The van der Waals surface area contributed by atoms with Crippen molar-refractivity contribution >= 4 is 11.6 Å². The van der Waals surface area contributed by atoms with Gasteiger partial charge in [-0.1, -0.05) is 60.5 Å². The van der Waals surface area contributed by atoms with Crippen LogP contribution in [0.5, 0.6) is 0 Å². The van der Waals surface area contributed by atoms with Crippen molar-refractivity contribution in [3.05, 3.63) is 64.7 Å². The molecule has 2 aromatic rings. The zero-order valence-electron chi connectivity index (χ0n) is 21.2. The number of amides is 1.